The van der Waals surface area contributed by atoms with Crippen LogP contribution >= 0.6 is 15.9 Å². The number of hydrogen-bond donors (Lipinski definition) is 2. The van der Waals surface area contributed by atoms with Crippen LogP contribution in [-0.2, 0) is 15.4 Å². The lowest BCUT2D eigenvalue weighted by atomic mass is 9.93. The molecule has 8 heteroatoms. The van der Waals surface area contributed by atoms with Gasteiger partial charge in [-0.25, -0.2) is 5.32 Å². The molecule has 2 N–H and O–H groups in total. The van der Waals surface area contributed by atoms with Crippen molar-refractivity contribution >= 4 is 37.6 Å². The highest BCUT2D eigenvalue weighted by molar-refractivity contribution is 9.10. The fourth-order valence-electron chi connectivity index (χ4n) is 2.38. The van der Waals surface area contributed by atoms with E-state index in [4.69, 9.17) is 4.52 Å². The van der Waals surface area contributed by atoms with Gasteiger partial charge in [-0.15, -0.1) is 0 Å². The third-order valence-corrected chi connectivity index (χ3v) is 5.82. The Morgan fingerprint density at radius 1 is 1.07 bits per heavy atom. The lowest BCUT2D eigenvalue weighted by Gasteiger charge is -2.11. The number of amidine groups is 1. The molecule has 0 atom stereocenters. The van der Waals surface area contributed by atoms with Crippen LogP contribution in [0.3, 0.4) is 0 Å². The maximum absolute atomic E-state index is 12.9. The predicted octanol–water partition coefficient (Wildman–Crippen LogP) is 3.06. The summed E-state index contributed by atoms with van der Waals surface area (Å²) in [7, 11) is -3.79. The number of nitrogens with zero attached hydrogens (tertiary/aromatic N) is 1. The molecule has 2 aromatic carbocycles. The molecule has 3 rings (SSSR count). The van der Waals surface area contributed by atoms with Gasteiger partial charge in [-0.3, -0.25) is 0 Å². The molecule has 0 bridgehead atoms. The molecule has 0 unspecified atom stereocenters. The monoisotopic (exact) mass is 462 g/mol. The molecule has 28 heavy (non-hydrogen) atoms. The van der Waals surface area contributed by atoms with Crippen molar-refractivity contribution < 1.29 is 17.3 Å². The van der Waals surface area contributed by atoms with Crippen LogP contribution in [0.1, 0.15) is 32.1 Å². The first kappa shape index (κ1) is 20.3. The zero-order valence-electron chi connectivity index (χ0n) is 15.7. The molecule has 1 aromatic heterocycles. The number of anilines is 1. The first-order valence-corrected chi connectivity index (χ1v) is 10.9. The van der Waals surface area contributed by atoms with Crippen molar-refractivity contribution in [2.45, 2.75) is 31.1 Å². The number of rotatable bonds is 4. The van der Waals surface area contributed by atoms with Crippen LogP contribution < -0.4 is 9.71 Å². The van der Waals surface area contributed by atoms with Crippen molar-refractivity contribution in [1.82, 2.24) is 5.16 Å². The van der Waals surface area contributed by atoms with E-state index in [1.165, 1.54) is 12.1 Å². The van der Waals surface area contributed by atoms with E-state index in [-0.39, 0.29) is 16.1 Å². The molecule has 1 heterocycles. The van der Waals surface area contributed by atoms with E-state index in [2.05, 4.69) is 30.8 Å². The highest BCUT2D eigenvalue weighted by atomic mass is 79.9. The van der Waals surface area contributed by atoms with E-state index in [0.29, 0.717) is 17.1 Å². The molecular formula is C20H21BrN3O3S+. The van der Waals surface area contributed by atoms with Gasteiger partial charge in [-0.1, -0.05) is 54.9 Å². The van der Waals surface area contributed by atoms with Crippen molar-refractivity contribution in [3.05, 3.63) is 76.5 Å². The van der Waals surface area contributed by atoms with Crippen molar-refractivity contribution in [3.63, 3.8) is 0 Å². The number of hydrogen-bond acceptors (Lipinski definition) is 4. The van der Waals surface area contributed by atoms with E-state index >= 15 is 0 Å². The Morgan fingerprint density at radius 2 is 1.71 bits per heavy atom. The molecule has 3 aromatic rings. The Balaban J connectivity index is 2.01. The maximum Gasteiger partial charge on any atom is 0.328 e. The van der Waals surface area contributed by atoms with Gasteiger partial charge < -0.3 is 4.52 Å². The van der Waals surface area contributed by atoms with E-state index in [1.807, 2.05) is 39.0 Å². The van der Waals surface area contributed by atoms with Gasteiger partial charge in [0.2, 0.25) is 0 Å². The summed E-state index contributed by atoms with van der Waals surface area (Å²) in [4.78, 5) is 0.154. The van der Waals surface area contributed by atoms with Gasteiger partial charge >= 0.3 is 10.0 Å². The quantitative estimate of drug-likeness (QED) is 0.459. The van der Waals surface area contributed by atoms with Crippen molar-refractivity contribution in [2.24, 2.45) is 0 Å². The standard InChI is InChI=1S/C20H20BrN3O3S/c1-20(2,3)17-13-18(23-27-17)22-19(14-7-5-4-6-8-14)24-28(25,26)16-11-9-15(21)10-12-16/h4-13H,1-3H3,(H,22,23,24)/p+1. The molecule has 0 aliphatic heterocycles. The highest BCUT2D eigenvalue weighted by Crippen LogP contribution is 2.24. The summed E-state index contributed by atoms with van der Waals surface area (Å²) in [6, 6.07) is 17.3. The average Bonchev–Trinajstić information content (AvgIpc) is 3.11. The second kappa shape index (κ2) is 7.89. The van der Waals surface area contributed by atoms with Crippen molar-refractivity contribution in [3.8, 4) is 0 Å². The predicted molar refractivity (Wildman–Crippen MR) is 112 cm³/mol. The molecule has 0 fully saturated rings. The number of nitrogens with one attached hydrogen (secondary N) is 2. The highest BCUT2D eigenvalue weighted by Gasteiger charge is 2.24. The summed E-state index contributed by atoms with van der Waals surface area (Å²) < 4.78 is 34.5. The van der Waals surface area contributed by atoms with Crippen LogP contribution in [0.5, 0.6) is 0 Å². The van der Waals surface area contributed by atoms with E-state index in [0.717, 1.165) is 4.47 Å². The molecule has 0 saturated heterocycles. The van der Waals surface area contributed by atoms with Crippen LogP contribution in [0.15, 0.2) is 74.6 Å². The first-order chi connectivity index (χ1) is 13.1. The molecule has 0 saturated carbocycles. The number of sulfonamides is 1. The topological polar surface area (TPSA) is 86.2 Å². The third-order valence-electron chi connectivity index (χ3n) is 3.93. The molecule has 0 aliphatic rings. The van der Waals surface area contributed by atoms with Crippen LogP contribution in [0.4, 0.5) is 5.82 Å². The number of benzene rings is 2. The summed E-state index contributed by atoms with van der Waals surface area (Å²) in [5.41, 5.74) is 0.458. The molecule has 6 nitrogen and oxygen atoms in total. The van der Waals surface area contributed by atoms with Gasteiger partial charge in [-0.05, 0) is 41.6 Å². The zero-order chi connectivity index (χ0) is 20.4. The van der Waals surface area contributed by atoms with Gasteiger partial charge in [0.25, 0.3) is 11.7 Å². The Bertz CT molecular complexity index is 1080. The van der Waals surface area contributed by atoms with E-state index < -0.39 is 10.0 Å². The molecular weight excluding hydrogens is 442 g/mol. The van der Waals surface area contributed by atoms with Gasteiger partial charge in [-0.2, -0.15) is 12.8 Å². The van der Waals surface area contributed by atoms with Gasteiger partial charge in [0.15, 0.2) is 0 Å². The largest absolute Gasteiger partial charge is 0.357 e. The Labute approximate surface area is 172 Å². The Hall–Kier alpha value is -2.45. The second-order valence-electron chi connectivity index (χ2n) is 7.25. The Morgan fingerprint density at radius 3 is 2.29 bits per heavy atom. The third kappa shape index (κ3) is 4.88. The molecule has 0 radical (unpaired) electrons. The van der Waals surface area contributed by atoms with Crippen molar-refractivity contribution in [1.29, 1.82) is 0 Å². The van der Waals surface area contributed by atoms with Gasteiger partial charge in [0.05, 0.1) is 5.56 Å². The maximum atomic E-state index is 12.9. The van der Waals surface area contributed by atoms with Crippen LogP contribution in [0.2, 0.25) is 0 Å². The van der Waals surface area contributed by atoms with Crippen LogP contribution in [-0.4, -0.2) is 19.4 Å². The number of aromatic nitrogens is 1. The summed E-state index contributed by atoms with van der Waals surface area (Å²) in [6.07, 6.45) is 0. The second-order valence-corrected chi connectivity index (χ2v) is 9.85. The summed E-state index contributed by atoms with van der Waals surface area (Å²) in [5, 5.41) is 7.05. The van der Waals surface area contributed by atoms with Gasteiger partial charge in [0.1, 0.15) is 10.7 Å². The molecule has 0 aliphatic carbocycles. The lowest BCUT2D eigenvalue weighted by Crippen LogP contribution is -2.78. The normalized spacial score (nSPS) is 12.8. The minimum Gasteiger partial charge on any atom is -0.357 e. The fraction of sp³-hybridized carbons (Fsp3) is 0.200. The van der Waals surface area contributed by atoms with Gasteiger partial charge in [0, 0.05) is 16.0 Å². The fourth-order valence-corrected chi connectivity index (χ4v) is 3.70. The molecule has 146 valence electrons. The van der Waals surface area contributed by atoms with Crippen LogP contribution in [0.25, 0.3) is 0 Å². The Kier molecular flexibility index (Phi) is 5.71. The zero-order valence-corrected chi connectivity index (χ0v) is 18.1. The van der Waals surface area contributed by atoms with E-state index in [9.17, 15) is 8.42 Å². The first-order valence-electron chi connectivity index (χ1n) is 8.60. The minimum absolute atomic E-state index is 0.154. The SMILES string of the molecule is CC(C)(C)c1cc(NC(=[NH+]S(=O)(=O)c2ccc(Br)cc2)c2ccccc2)no1. The lowest BCUT2D eigenvalue weighted by molar-refractivity contribution is -0.266. The summed E-state index contributed by atoms with van der Waals surface area (Å²) in [5.74, 6) is 1.40. The minimum atomic E-state index is -3.79. The smallest absolute Gasteiger partial charge is 0.328 e. The molecule has 0 amide bonds. The summed E-state index contributed by atoms with van der Waals surface area (Å²) in [6.45, 7) is 6.03. The van der Waals surface area contributed by atoms with Crippen molar-refractivity contribution in [2.75, 3.05) is 5.32 Å². The number of halogens is 1. The average molecular weight is 463 g/mol. The van der Waals surface area contributed by atoms with E-state index in [1.54, 1.807) is 30.3 Å². The molecule has 0 spiro atoms. The van der Waals surface area contributed by atoms with Crippen LogP contribution in [0, 0.1) is 0 Å². The summed E-state index contributed by atoms with van der Waals surface area (Å²) >= 11 is 3.31.